The standard InChI is InChI=1S/C17H17BrO3/c1-2-11-20-16-5-3-4-6-17(16)21-12-15(19)13-7-9-14(18)10-8-13/h3-10H,2,11-12H2,1H3. The molecule has 0 aliphatic carbocycles. The van der Waals surface area contributed by atoms with E-state index < -0.39 is 0 Å². The van der Waals surface area contributed by atoms with Crippen LogP contribution in [0, 0.1) is 0 Å². The highest BCUT2D eigenvalue weighted by Crippen LogP contribution is 2.26. The van der Waals surface area contributed by atoms with E-state index in [-0.39, 0.29) is 12.4 Å². The van der Waals surface area contributed by atoms with Crippen molar-refractivity contribution < 1.29 is 14.3 Å². The lowest BCUT2D eigenvalue weighted by molar-refractivity contribution is 0.0918. The fraction of sp³-hybridized carbons (Fsp3) is 0.235. The summed E-state index contributed by atoms with van der Waals surface area (Å²) in [5, 5.41) is 0. The van der Waals surface area contributed by atoms with Crippen molar-refractivity contribution in [3.63, 3.8) is 0 Å². The third kappa shape index (κ3) is 4.60. The van der Waals surface area contributed by atoms with Crippen LogP contribution in [0.25, 0.3) is 0 Å². The molecule has 0 bridgehead atoms. The van der Waals surface area contributed by atoms with Gasteiger partial charge < -0.3 is 9.47 Å². The van der Waals surface area contributed by atoms with Crippen molar-refractivity contribution in [3.8, 4) is 11.5 Å². The zero-order valence-electron chi connectivity index (χ0n) is 11.8. The zero-order chi connectivity index (χ0) is 15.1. The minimum Gasteiger partial charge on any atom is -0.490 e. The van der Waals surface area contributed by atoms with Gasteiger partial charge in [-0.05, 0) is 30.7 Å². The molecule has 0 radical (unpaired) electrons. The fourth-order valence-corrected chi connectivity index (χ4v) is 2.03. The Labute approximate surface area is 133 Å². The average molecular weight is 349 g/mol. The molecule has 0 aliphatic rings. The molecule has 0 N–H and O–H groups in total. The van der Waals surface area contributed by atoms with Gasteiger partial charge in [0.15, 0.2) is 23.9 Å². The molecule has 21 heavy (non-hydrogen) atoms. The van der Waals surface area contributed by atoms with Crippen molar-refractivity contribution in [2.24, 2.45) is 0 Å². The first kappa shape index (κ1) is 15.6. The van der Waals surface area contributed by atoms with Crippen LogP contribution in [0.3, 0.4) is 0 Å². The summed E-state index contributed by atoms with van der Waals surface area (Å²) in [6.07, 6.45) is 0.923. The number of para-hydroxylation sites is 2. The van der Waals surface area contributed by atoms with Gasteiger partial charge in [-0.1, -0.05) is 47.1 Å². The second kappa shape index (κ2) is 7.84. The summed E-state index contributed by atoms with van der Waals surface area (Å²) in [7, 11) is 0. The van der Waals surface area contributed by atoms with Crippen molar-refractivity contribution in [3.05, 3.63) is 58.6 Å². The number of carbonyl (C=O) groups is 1. The first-order valence-electron chi connectivity index (χ1n) is 6.84. The highest BCUT2D eigenvalue weighted by molar-refractivity contribution is 9.10. The van der Waals surface area contributed by atoms with E-state index in [0.717, 1.165) is 10.9 Å². The Morgan fingerprint density at radius 3 is 2.24 bits per heavy atom. The molecule has 4 heteroatoms. The molecule has 0 saturated carbocycles. The van der Waals surface area contributed by atoms with Gasteiger partial charge in [0, 0.05) is 10.0 Å². The molecule has 0 fully saturated rings. The molecule has 0 aromatic heterocycles. The number of benzene rings is 2. The van der Waals surface area contributed by atoms with Crippen LogP contribution >= 0.6 is 15.9 Å². The van der Waals surface area contributed by atoms with Crippen LogP contribution in [0.15, 0.2) is 53.0 Å². The Morgan fingerprint density at radius 1 is 1.00 bits per heavy atom. The van der Waals surface area contributed by atoms with E-state index in [9.17, 15) is 4.79 Å². The molecule has 0 unspecified atom stereocenters. The second-order valence-electron chi connectivity index (χ2n) is 4.51. The lowest BCUT2D eigenvalue weighted by atomic mass is 10.1. The molecule has 2 aromatic carbocycles. The Bertz CT molecular complexity index is 593. The Balaban J connectivity index is 1.99. The Hall–Kier alpha value is -1.81. The molecule has 2 rings (SSSR count). The van der Waals surface area contributed by atoms with E-state index in [4.69, 9.17) is 9.47 Å². The third-order valence-corrected chi connectivity index (χ3v) is 3.36. The van der Waals surface area contributed by atoms with Gasteiger partial charge in [-0.2, -0.15) is 0 Å². The van der Waals surface area contributed by atoms with Gasteiger partial charge in [-0.3, -0.25) is 4.79 Å². The smallest absolute Gasteiger partial charge is 0.200 e. The Morgan fingerprint density at radius 2 is 1.62 bits per heavy atom. The predicted octanol–water partition coefficient (Wildman–Crippen LogP) is 4.50. The van der Waals surface area contributed by atoms with Crippen molar-refractivity contribution in [2.45, 2.75) is 13.3 Å². The molecule has 3 nitrogen and oxygen atoms in total. The van der Waals surface area contributed by atoms with Gasteiger partial charge in [0.1, 0.15) is 0 Å². The maximum Gasteiger partial charge on any atom is 0.200 e. The number of hydrogen-bond acceptors (Lipinski definition) is 3. The second-order valence-corrected chi connectivity index (χ2v) is 5.43. The summed E-state index contributed by atoms with van der Waals surface area (Å²) in [4.78, 5) is 12.1. The summed E-state index contributed by atoms with van der Waals surface area (Å²) in [6, 6.07) is 14.6. The van der Waals surface area contributed by atoms with E-state index in [1.54, 1.807) is 18.2 Å². The lowest BCUT2D eigenvalue weighted by Crippen LogP contribution is -2.12. The van der Waals surface area contributed by atoms with Gasteiger partial charge in [0.2, 0.25) is 0 Å². The quantitative estimate of drug-likeness (QED) is 0.691. The number of carbonyl (C=O) groups excluding carboxylic acids is 1. The van der Waals surface area contributed by atoms with Crippen LogP contribution in [0.2, 0.25) is 0 Å². The molecule has 0 heterocycles. The summed E-state index contributed by atoms with van der Waals surface area (Å²) < 4.78 is 12.1. The van der Waals surface area contributed by atoms with E-state index in [1.807, 2.05) is 37.3 Å². The van der Waals surface area contributed by atoms with E-state index in [0.29, 0.717) is 23.7 Å². The van der Waals surface area contributed by atoms with Crippen molar-refractivity contribution in [2.75, 3.05) is 13.2 Å². The van der Waals surface area contributed by atoms with Gasteiger partial charge in [0.05, 0.1) is 6.61 Å². The number of hydrogen-bond donors (Lipinski definition) is 0. The van der Waals surface area contributed by atoms with E-state index in [1.165, 1.54) is 0 Å². The SMILES string of the molecule is CCCOc1ccccc1OCC(=O)c1ccc(Br)cc1. The topological polar surface area (TPSA) is 35.5 Å². The molecule has 0 amide bonds. The molecule has 0 atom stereocenters. The van der Waals surface area contributed by atoms with Crippen LogP contribution in [-0.2, 0) is 0 Å². The monoisotopic (exact) mass is 348 g/mol. The number of rotatable bonds is 7. The van der Waals surface area contributed by atoms with Crippen LogP contribution < -0.4 is 9.47 Å². The van der Waals surface area contributed by atoms with Gasteiger partial charge >= 0.3 is 0 Å². The van der Waals surface area contributed by atoms with Crippen molar-refractivity contribution in [1.82, 2.24) is 0 Å². The number of ketones is 1. The highest BCUT2D eigenvalue weighted by Gasteiger charge is 2.09. The molecular formula is C17H17BrO3. The maximum absolute atomic E-state index is 12.1. The van der Waals surface area contributed by atoms with E-state index >= 15 is 0 Å². The maximum atomic E-state index is 12.1. The normalized spacial score (nSPS) is 10.2. The van der Waals surface area contributed by atoms with Gasteiger partial charge in [0.25, 0.3) is 0 Å². The average Bonchev–Trinajstić information content (AvgIpc) is 2.52. The molecular weight excluding hydrogens is 332 g/mol. The van der Waals surface area contributed by atoms with Crippen molar-refractivity contribution >= 4 is 21.7 Å². The third-order valence-electron chi connectivity index (χ3n) is 2.84. The minimum atomic E-state index is -0.0622. The number of Topliss-reactive ketones (excluding diaryl/α,β-unsaturated/α-hetero) is 1. The molecule has 0 spiro atoms. The van der Waals surface area contributed by atoms with Crippen LogP contribution in [0.4, 0.5) is 0 Å². The van der Waals surface area contributed by atoms with Crippen LogP contribution in [0.1, 0.15) is 23.7 Å². The first-order valence-corrected chi connectivity index (χ1v) is 7.63. The van der Waals surface area contributed by atoms with Crippen molar-refractivity contribution in [1.29, 1.82) is 0 Å². The Kier molecular flexibility index (Phi) is 5.81. The lowest BCUT2D eigenvalue weighted by Gasteiger charge is -2.11. The predicted molar refractivity (Wildman–Crippen MR) is 86.2 cm³/mol. The molecule has 0 saturated heterocycles. The van der Waals surface area contributed by atoms with Crippen LogP contribution in [-0.4, -0.2) is 19.0 Å². The number of halogens is 1. The fourth-order valence-electron chi connectivity index (χ4n) is 1.76. The van der Waals surface area contributed by atoms with Crippen LogP contribution in [0.5, 0.6) is 11.5 Å². The molecule has 2 aromatic rings. The molecule has 0 aliphatic heterocycles. The summed E-state index contributed by atoms with van der Waals surface area (Å²) in [5.74, 6) is 1.20. The highest BCUT2D eigenvalue weighted by atomic mass is 79.9. The first-order chi connectivity index (χ1) is 10.2. The largest absolute Gasteiger partial charge is 0.490 e. The summed E-state index contributed by atoms with van der Waals surface area (Å²) in [6.45, 7) is 2.66. The van der Waals surface area contributed by atoms with Gasteiger partial charge in [-0.25, -0.2) is 0 Å². The zero-order valence-corrected chi connectivity index (χ0v) is 13.4. The van der Waals surface area contributed by atoms with E-state index in [2.05, 4.69) is 15.9 Å². The minimum absolute atomic E-state index is 0.00582. The summed E-state index contributed by atoms with van der Waals surface area (Å²) >= 11 is 3.34. The molecule has 110 valence electrons. The van der Waals surface area contributed by atoms with Gasteiger partial charge in [-0.15, -0.1) is 0 Å². The summed E-state index contributed by atoms with van der Waals surface area (Å²) in [5.41, 5.74) is 0.630. The number of ether oxygens (including phenoxy) is 2.